The van der Waals surface area contributed by atoms with E-state index in [9.17, 15) is 0 Å². The van der Waals surface area contributed by atoms with Gasteiger partial charge in [-0.05, 0) is 43.4 Å². The zero-order valence-corrected chi connectivity index (χ0v) is 5.90. The molecule has 0 aromatic rings. The third kappa shape index (κ3) is 0.654. The van der Waals surface area contributed by atoms with Crippen molar-refractivity contribution in [3.05, 3.63) is 12.7 Å². The first-order valence-electron chi connectivity index (χ1n) is 3.98. The predicted octanol–water partition coefficient (Wildman–Crippen LogP) is 2.75. The molecule has 0 unspecified atom stereocenters. The number of rotatable bonds is 1. The van der Waals surface area contributed by atoms with Crippen LogP contribution in [0.2, 0.25) is 0 Å². The van der Waals surface area contributed by atoms with Crippen LogP contribution in [0.5, 0.6) is 0 Å². The molecule has 2 fully saturated rings. The van der Waals surface area contributed by atoms with Crippen LogP contribution in [0.4, 0.5) is 0 Å². The van der Waals surface area contributed by atoms with Gasteiger partial charge in [0.25, 0.3) is 0 Å². The highest BCUT2D eigenvalue weighted by Crippen LogP contribution is 2.54. The van der Waals surface area contributed by atoms with Gasteiger partial charge >= 0.3 is 0 Å². The third-order valence-corrected chi connectivity index (χ3v) is 3.23. The normalized spacial score (nSPS) is 47.8. The van der Waals surface area contributed by atoms with Crippen molar-refractivity contribution < 1.29 is 0 Å². The summed E-state index contributed by atoms with van der Waals surface area (Å²) in [5, 5.41) is 0. The molecule has 0 spiro atoms. The lowest BCUT2D eigenvalue weighted by Crippen LogP contribution is -2.08. The van der Waals surface area contributed by atoms with Crippen LogP contribution in [0, 0.1) is 11.3 Å². The van der Waals surface area contributed by atoms with E-state index in [4.69, 9.17) is 0 Å². The lowest BCUT2D eigenvalue weighted by molar-refractivity contribution is 0.384. The number of allylic oxidation sites excluding steroid dienone is 1. The van der Waals surface area contributed by atoms with Crippen LogP contribution in [0.25, 0.3) is 0 Å². The molecule has 0 amide bonds. The van der Waals surface area contributed by atoms with Crippen LogP contribution in [0.15, 0.2) is 12.7 Å². The molecular formula is C9H14. The van der Waals surface area contributed by atoms with Crippen molar-refractivity contribution in [1.82, 2.24) is 0 Å². The molecule has 0 aliphatic heterocycles. The van der Waals surface area contributed by atoms with E-state index >= 15 is 0 Å². The second-order valence-electron chi connectivity index (χ2n) is 3.71. The molecule has 2 bridgehead atoms. The Balaban J connectivity index is 2.21. The minimum atomic E-state index is 0.616. The van der Waals surface area contributed by atoms with E-state index in [1.165, 1.54) is 32.1 Å². The summed E-state index contributed by atoms with van der Waals surface area (Å²) in [6, 6.07) is 0. The molecule has 2 saturated carbocycles. The van der Waals surface area contributed by atoms with Crippen molar-refractivity contribution in [2.75, 3.05) is 0 Å². The quantitative estimate of drug-likeness (QED) is 0.469. The largest absolute Gasteiger partial charge is 0.103 e. The maximum atomic E-state index is 3.91. The molecule has 0 atom stereocenters. The molecule has 0 radical (unpaired) electrons. The zero-order chi connectivity index (χ0) is 6.32. The zero-order valence-electron chi connectivity index (χ0n) is 5.90. The molecule has 9 heavy (non-hydrogen) atoms. The van der Waals surface area contributed by atoms with Gasteiger partial charge in [0.1, 0.15) is 0 Å². The smallest absolute Gasteiger partial charge is 0.0118 e. The highest BCUT2D eigenvalue weighted by atomic mass is 14.5. The molecule has 2 aliphatic rings. The summed E-state index contributed by atoms with van der Waals surface area (Å²) in [5.41, 5.74) is 0.616. The fourth-order valence-electron chi connectivity index (χ4n) is 2.52. The first kappa shape index (κ1) is 5.52. The van der Waals surface area contributed by atoms with E-state index in [2.05, 4.69) is 12.7 Å². The second-order valence-corrected chi connectivity index (χ2v) is 3.71. The van der Waals surface area contributed by atoms with Crippen molar-refractivity contribution in [1.29, 1.82) is 0 Å². The van der Waals surface area contributed by atoms with Crippen LogP contribution in [-0.2, 0) is 0 Å². The number of hydrogen-bond donors (Lipinski definition) is 0. The highest BCUT2D eigenvalue weighted by molar-refractivity contribution is 5.05. The lowest BCUT2D eigenvalue weighted by atomic mass is 9.85. The van der Waals surface area contributed by atoms with E-state index in [0.717, 1.165) is 5.92 Å². The van der Waals surface area contributed by atoms with Crippen LogP contribution < -0.4 is 0 Å². The molecule has 0 heteroatoms. The maximum Gasteiger partial charge on any atom is -0.0118 e. The lowest BCUT2D eigenvalue weighted by Gasteiger charge is -2.20. The van der Waals surface area contributed by atoms with Crippen molar-refractivity contribution in [3.8, 4) is 0 Å². The van der Waals surface area contributed by atoms with Gasteiger partial charge < -0.3 is 0 Å². The molecule has 0 saturated heterocycles. The molecule has 0 heterocycles. The van der Waals surface area contributed by atoms with E-state index in [-0.39, 0.29) is 0 Å². The van der Waals surface area contributed by atoms with E-state index in [1.807, 2.05) is 0 Å². The highest BCUT2D eigenvalue weighted by Gasteiger charge is 2.42. The standard InChI is InChI=1S/C9H14/c1-2-9-5-3-8(7-9)4-6-9/h2,8H,1,3-7H2. The maximum absolute atomic E-state index is 3.91. The van der Waals surface area contributed by atoms with E-state index < -0.39 is 0 Å². The minimum Gasteiger partial charge on any atom is -0.103 e. The van der Waals surface area contributed by atoms with Gasteiger partial charge in [0.2, 0.25) is 0 Å². The van der Waals surface area contributed by atoms with Gasteiger partial charge in [-0.1, -0.05) is 6.08 Å². The van der Waals surface area contributed by atoms with Gasteiger partial charge in [0.05, 0.1) is 0 Å². The van der Waals surface area contributed by atoms with Gasteiger partial charge in [0.15, 0.2) is 0 Å². The molecule has 50 valence electrons. The average Bonchev–Trinajstić information content (AvgIpc) is 2.46. The molecule has 0 aromatic carbocycles. The average molecular weight is 122 g/mol. The van der Waals surface area contributed by atoms with Crippen LogP contribution >= 0.6 is 0 Å². The molecule has 0 N–H and O–H groups in total. The molecule has 0 nitrogen and oxygen atoms in total. The Bertz CT molecular complexity index is 127. The van der Waals surface area contributed by atoms with Crippen LogP contribution in [0.3, 0.4) is 0 Å². The van der Waals surface area contributed by atoms with Gasteiger partial charge in [-0.25, -0.2) is 0 Å². The minimum absolute atomic E-state index is 0.616. The fraction of sp³-hybridized carbons (Fsp3) is 0.778. The van der Waals surface area contributed by atoms with Gasteiger partial charge in [0, 0.05) is 0 Å². The summed E-state index contributed by atoms with van der Waals surface area (Å²) in [6.45, 7) is 3.91. The Morgan fingerprint density at radius 1 is 1.33 bits per heavy atom. The summed E-state index contributed by atoms with van der Waals surface area (Å²) in [4.78, 5) is 0. The van der Waals surface area contributed by atoms with Crippen molar-refractivity contribution in [3.63, 3.8) is 0 Å². The van der Waals surface area contributed by atoms with Gasteiger partial charge in [-0.15, -0.1) is 6.58 Å². The van der Waals surface area contributed by atoms with E-state index in [1.54, 1.807) is 0 Å². The summed E-state index contributed by atoms with van der Waals surface area (Å²) in [5.74, 6) is 1.07. The third-order valence-electron chi connectivity index (χ3n) is 3.23. The van der Waals surface area contributed by atoms with Crippen LogP contribution in [-0.4, -0.2) is 0 Å². The SMILES string of the molecule is C=CC12CCC(CC1)C2. The molecule has 2 rings (SSSR count). The Kier molecular flexibility index (Phi) is 0.992. The Hall–Kier alpha value is -0.260. The Morgan fingerprint density at radius 2 is 2.00 bits per heavy atom. The predicted molar refractivity (Wildman–Crippen MR) is 39.2 cm³/mol. The first-order valence-corrected chi connectivity index (χ1v) is 3.98. The number of hydrogen-bond acceptors (Lipinski definition) is 0. The Morgan fingerprint density at radius 3 is 2.22 bits per heavy atom. The summed E-state index contributed by atoms with van der Waals surface area (Å²) in [7, 11) is 0. The summed E-state index contributed by atoms with van der Waals surface area (Å²) < 4.78 is 0. The monoisotopic (exact) mass is 122 g/mol. The summed E-state index contributed by atoms with van der Waals surface area (Å²) in [6.07, 6.45) is 9.48. The summed E-state index contributed by atoms with van der Waals surface area (Å²) >= 11 is 0. The van der Waals surface area contributed by atoms with Crippen LogP contribution in [0.1, 0.15) is 32.1 Å². The Labute approximate surface area is 57.0 Å². The van der Waals surface area contributed by atoms with E-state index in [0.29, 0.717) is 5.41 Å². The van der Waals surface area contributed by atoms with Gasteiger partial charge in [-0.3, -0.25) is 0 Å². The first-order chi connectivity index (χ1) is 4.35. The number of fused-ring (bicyclic) bond motifs is 2. The molecule has 2 aliphatic carbocycles. The van der Waals surface area contributed by atoms with Gasteiger partial charge in [-0.2, -0.15) is 0 Å². The van der Waals surface area contributed by atoms with Crippen molar-refractivity contribution in [2.45, 2.75) is 32.1 Å². The fourth-order valence-corrected chi connectivity index (χ4v) is 2.52. The van der Waals surface area contributed by atoms with Crippen molar-refractivity contribution in [2.24, 2.45) is 11.3 Å². The molecule has 0 aromatic heterocycles. The second kappa shape index (κ2) is 1.62. The molecular weight excluding hydrogens is 108 g/mol. The van der Waals surface area contributed by atoms with Crippen molar-refractivity contribution >= 4 is 0 Å². The topological polar surface area (TPSA) is 0 Å².